The van der Waals surface area contributed by atoms with Crippen molar-refractivity contribution in [3.05, 3.63) is 83.7 Å². The van der Waals surface area contributed by atoms with Crippen LogP contribution >= 0.6 is 0 Å². The molecule has 1 aromatic heterocycles. The van der Waals surface area contributed by atoms with Gasteiger partial charge in [-0.1, -0.05) is 53.7 Å². The van der Waals surface area contributed by atoms with Crippen molar-refractivity contribution in [2.24, 2.45) is 0 Å². The molecule has 1 saturated heterocycles. The highest BCUT2D eigenvalue weighted by atomic mass is 19.4. The van der Waals surface area contributed by atoms with Gasteiger partial charge in [-0.15, -0.1) is 0 Å². The van der Waals surface area contributed by atoms with Gasteiger partial charge in [0.15, 0.2) is 0 Å². The predicted molar refractivity (Wildman–Crippen MR) is 107 cm³/mol. The second-order valence-corrected chi connectivity index (χ2v) is 7.47. The zero-order valence-corrected chi connectivity index (χ0v) is 16.1. The fourth-order valence-electron chi connectivity index (χ4n) is 3.74. The highest BCUT2D eigenvalue weighted by Gasteiger charge is 2.37. The van der Waals surface area contributed by atoms with Crippen LogP contribution in [0.5, 0.6) is 0 Å². The van der Waals surface area contributed by atoms with Crippen molar-refractivity contribution < 1.29 is 22.5 Å². The molecule has 0 spiro atoms. The number of likely N-dealkylation sites (tertiary alicyclic amines) is 1. The Bertz CT molecular complexity index is 1270. The van der Waals surface area contributed by atoms with Crippen LogP contribution in [-0.2, 0) is 6.18 Å². The summed E-state index contributed by atoms with van der Waals surface area (Å²) >= 11 is 0. The quantitative estimate of drug-likeness (QED) is 0.457. The first-order valence-electron chi connectivity index (χ1n) is 9.68. The zero-order chi connectivity index (χ0) is 21.6. The molecular formula is C23H16F3N3O2. The number of halogens is 3. The number of carbonyl (C=O) groups excluding carboxylic acids is 1. The highest BCUT2D eigenvalue weighted by Crippen LogP contribution is 2.33. The molecule has 156 valence electrons. The van der Waals surface area contributed by atoms with Crippen LogP contribution in [0.25, 0.3) is 22.2 Å². The zero-order valence-electron chi connectivity index (χ0n) is 16.1. The molecule has 0 radical (unpaired) electrons. The normalized spacial score (nSPS) is 14.6. The summed E-state index contributed by atoms with van der Waals surface area (Å²) in [5, 5.41) is 5.71. The van der Waals surface area contributed by atoms with Gasteiger partial charge in [0.25, 0.3) is 5.91 Å². The minimum Gasteiger partial charge on any atom is -0.339 e. The molecule has 2 heterocycles. The van der Waals surface area contributed by atoms with E-state index >= 15 is 0 Å². The first-order valence-corrected chi connectivity index (χ1v) is 9.68. The molecule has 5 rings (SSSR count). The van der Waals surface area contributed by atoms with Crippen LogP contribution < -0.4 is 0 Å². The molecular weight excluding hydrogens is 407 g/mol. The molecule has 31 heavy (non-hydrogen) atoms. The molecule has 5 nitrogen and oxygen atoms in total. The highest BCUT2D eigenvalue weighted by molar-refractivity contribution is 6.07. The molecule has 8 heteroatoms. The number of fused-ring (bicyclic) bond motifs is 1. The average molecular weight is 423 g/mol. The van der Waals surface area contributed by atoms with Crippen molar-refractivity contribution in [2.45, 2.75) is 12.1 Å². The standard InChI is InChI=1S/C23H16F3N3O2/c24-23(25,26)17-8-3-7-15(11-17)20-27-21(31-28-20)16-12-29(13-16)22(30)19-10-4-6-14-5-1-2-9-18(14)19/h1-11,16H,12-13H2. The number of amides is 1. The van der Waals surface area contributed by atoms with Gasteiger partial charge >= 0.3 is 6.18 Å². The smallest absolute Gasteiger partial charge is 0.339 e. The SMILES string of the molecule is O=C(c1cccc2ccccc12)N1CC(c2nc(-c3cccc(C(F)(F)F)c3)no2)C1. The lowest BCUT2D eigenvalue weighted by molar-refractivity contribution is -0.137. The second-order valence-electron chi connectivity index (χ2n) is 7.47. The molecule has 1 aliphatic heterocycles. The molecule has 1 amide bonds. The van der Waals surface area contributed by atoms with Gasteiger partial charge in [-0.3, -0.25) is 4.79 Å². The Morgan fingerprint density at radius 3 is 2.55 bits per heavy atom. The van der Waals surface area contributed by atoms with E-state index in [9.17, 15) is 18.0 Å². The number of aromatic nitrogens is 2. The summed E-state index contributed by atoms with van der Waals surface area (Å²) in [6.07, 6.45) is -4.45. The summed E-state index contributed by atoms with van der Waals surface area (Å²) in [6.45, 7) is 0.818. The third-order valence-electron chi connectivity index (χ3n) is 5.43. The Hall–Kier alpha value is -3.68. The molecule has 0 aliphatic carbocycles. The van der Waals surface area contributed by atoms with Crippen LogP contribution in [0.3, 0.4) is 0 Å². The van der Waals surface area contributed by atoms with Crippen molar-refractivity contribution in [1.29, 1.82) is 0 Å². The summed E-state index contributed by atoms with van der Waals surface area (Å²) in [4.78, 5) is 18.9. The average Bonchev–Trinajstić information content (AvgIpc) is 3.21. The number of nitrogens with zero attached hydrogens (tertiary/aromatic N) is 3. The molecule has 0 atom stereocenters. The van der Waals surface area contributed by atoms with Gasteiger partial charge < -0.3 is 9.42 Å². The topological polar surface area (TPSA) is 59.2 Å². The van der Waals surface area contributed by atoms with Gasteiger partial charge in [-0.25, -0.2) is 0 Å². The van der Waals surface area contributed by atoms with Gasteiger partial charge in [0.2, 0.25) is 11.7 Å². The number of rotatable bonds is 3. The van der Waals surface area contributed by atoms with Crippen molar-refractivity contribution in [1.82, 2.24) is 15.0 Å². The van der Waals surface area contributed by atoms with Gasteiger partial charge in [-0.05, 0) is 29.0 Å². The summed E-state index contributed by atoms with van der Waals surface area (Å²) in [6, 6.07) is 18.1. The third-order valence-corrected chi connectivity index (χ3v) is 5.43. The third kappa shape index (κ3) is 3.54. The van der Waals surface area contributed by atoms with Crippen LogP contribution in [0.2, 0.25) is 0 Å². The minimum atomic E-state index is -4.45. The molecule has 1 aliphatic rings. The van der Waals surface area contributed by atoms with Crippen LogP contribution in [0.4, 0.5) is 13.2 Å². The Labute approximate surface area is 175 Å². The molecule has 3 aromatic carbocycles. The van der Waals surface area contributed by atoms with Crippen LogP contribution in [0.1, 0.15) is 27.7 Å². The first kappa shape index (κ1) is 19.3. The molecule has 0 N–H and O–H groups in total. The van der Waals surface area contributed by atoms with Crippen molar-refractivity contribution in [3.8, 4) is 11.4 Å². The summed E-state index contributed by atoms with van der Waals surface area (Å²) in [7, 11) is 0. The summed E-state index contributed by atoms with van der Waals surface area (Å²) < 4.78 is 44.1. The Balaban J connectivity index is 1.31. The fraction of sp³-hybridized carbons (Fsp3) is 0.174. The first-order chi connectivity index (χ1) is 14.9. The molecule has 0 saturated carbocycles. The van der Waals surface area contributed by atoms with Gasteiger partial charge in [0.1, 0.15) is 0 Å². The van der Waals surface area contributed by atoms with Crippen LogP contribution in [0.15, 0.2) is 71.3 Å². The minimum absolute atomic E-state index is 0.0781. The summed E-state index contributed by atoms with van der Waals surface area (Å²) in [5.74, 6) is 0.186. The Morgan fingerprint density at radius 1 is 1.00 bits per heavy atom. The van der Waals surface area contributed by atoms with E-state index in [0.29, 0.717) is 24.5 Å². The van der Waals surface area contributed by atoms with E-state index in [2.05, 4.69) is 10.1 Å². The number of carbonyl (C=O) groups is 1. The van der Waals surface area contributed by atoms with E-state index in [4.69, 9.17) is 4.52 Å². The van der Waals surface area contributed by atoms with Crippen molar-refractivity contribution in [3.63, 3.8) is 0 Å². The van der Waals surface area contributed by atoms with Crippen molar-refractivity contribution in [2.75, 3.05) is 13.1 Å². The lowest BCUT2D eigenvalue weighted by Gasteiger charge is -2.37. The van der Waals surface area contributed by atoms with Gasteiger partial charge in [-0.2, -0.15) is 18.2 Å². The Morgan fingerprint density at radius 2 is 1.74 bits per heavy atom. The maximum atomic E-state index is 12.9. The molecule has 0 unspecified atom stereocenters. The van der Waals surface area contributed by atoms with E-state index in [1.165, 1.54) is 12.1 Å². The second kappa shape index (κ2) is 7.23. The monoisotopic (exact) mass is 423 g/mol. The van der Waals surface area contributed by atoms with Gasteiger partial charge in [0, 0.05) is 24.2 Å². The number of hydrogen-bond donors (Lipinski definition) is 0. The van der Waals surface area contributed by atoms with Crippen molar-refractivity contribution >= 4 is 16.7 Å². The lowest BCUT2D eigenvalue weighted by atomic mass is 9.97. The van der Waals surface area contributed by atoms with Crippen LogP contribution in [0, 0.1) is 0 Å². The van der Waals surface area contributed by atoms with Crippen LogP contribution in [-0.4, -0.2) is 34.0 Å². The maximum Gasteiger partial charge on any atom is 0.416 e. The predicted octanol–water partition coefficient (Wildman–Crippen LogP) is 5.15. The number of benzene rings is 3. The van der Waals surface area contributed by atoms with E-state index in [0.717, 1.165) is 22.9 Å². The Kier molecular flexibility index (Phi) is 4.50. The summed E-state index contributed by atoms with van der Waals surface area (Å²) in [5.41, 5.74) is 0.0893. The molecule has 4 aromatic rings. The van der Waals surface area contributed by atoms with E-state index in [1.807, 2.05) is 36.4 Å². The van der Waals surface area contributed by atoms with E-state index < -0.39 is 11.7 Å². The molecule has 0 bridgehead atoms. The van der Waals surface area contributed by atoms with E-state index in [-0.39, 0.29) is 23.2 Å². The lowest BCUT2D eigenvalue weighted by Crippen LogP contribution is -2.48. The van der Waals surface area contributed by atoms with E-state index in [1.54, 1.807) is 11.0 Å². The molecule has 1 fully saturated rings. The largest absolute Gasteiger partial charge is 0.416 e. The number of hydrogen-bond acceptors (Lipinski definition) is 4. The van der Waals surface area contributed by atoms with Gasteiger partial charge in [0.05, 0.1) is 11.5 Å². The number of alkyl halides is 3. The fourth-order valence-corrected chi connectivity index (χ4v) is 3.74. The maximum absolute atomic E-state index is 12.9.